The van der Waals surface area contributed by atoms with Gasteiger partial charge in [0.05, 0.1) is 27.8 Å². The molecule has 0 aliphatic carbocycles. The van der Waals surface area contributed by atoms with Crippen LogP contribution in [0.15, 0.2) is 249 Å². The van der Waals surface area contributed by atoms with Gasteiger partial charge in [-0.3, -0.25) is 4.57 Å². The van der Waals surface area contributed by atoms with Crippen LogP contribution in [0.2, 0.25) is 0 Å². The van der Waals surface area contributed by atoms with E-state index in [0.717, 1.165) is 93.8 Å². The Balaban J connectivity index is 1.09. The summed E-state index contributed by atoms with van der Waals surface area (Å²) in [7, 11) is 0. The highest BCUT2D eigenvalue weighted by Crippen LogP contribution is 2.44. The van der Waals surface area contributed by atoms with Gasteiger partial charge in [0.15, 0.2) is 11.6 Å². The van der Waals surface area contributed by atoms with Crippen LogP contribution >= 0.6 is 0 Å². The van der Waals surface area contributed by atoms with Crippen molar-refractivity contribution in [3.8, 4) is 67.8 Å². The topological polar surface area (TPSA) is 48.5 Å². The quantitative estimate of drug-likeness (QED) is 0.150. The number of nitrogens with zero attached hydrogens (tertiary/aromatic N) is 5. The van der Waals surface area contributed by atoms with Crippen LogP contribution < -0.4 is 0 Å². The first-order valence-corrected chi connectivity index (χ1v) is 23.8. The molecule has 0 saturated carbocycles. The van der Waals surface area contributed by atoms with Crippen molar-refractivity contribution < 1.29 is 0 Å². The summed E-state index contributed by atoms with van der Waals surface area (Å²) in [6.45, 7) is 0. The fourth-order valence-corrected chi connectivity index (χ4v) is 10.7. The maximum atomic E-state index is 5.44. The molecule has 326 valence electrons. The summed E-state index contributed by atoms with van der Waals surface area (Å²) in [5.41, 5.74) is 14.0. The Kier molecular flexibility index (Phi) is 9.14. The number of aromatic nitrogens is 5. The van der Waals surface area contributed by atoms with Crippen molar-refractivity contribution in [3.63, 3.8) is 0 Å². The summed E-state index contributed by atoms with van der Waals surface area (Å²) in [5, 5.41) is 9.45. The summed E-state index contributed by atoms with van der Waals surface area (Å²) in [5.74, 6) is 1.75. The van der Waals surface area contributed by atoms with Crippen molar-refractivity contribution in [1.82, 2.24) is 24.1 Å². The molecule has 5 nitrogen and oxygen atoms in total. The Hall–Kier alpha value is -9.45. The molecular formula is C65H41N5. The van der Waals surface area contributed by atoms with Gasteiger partial charge in [-0.2, -0.15) is 9.97 Å². The number of fused-ring (bicyclic) bond motifs is 10. The summed E-state index contributed by atoms with van der Waals surface area (Å²) in [4.78, 5) is 16.0. The van der Waals surface area contributed by atoms with E-state index in [0.29, 0.717) is 17.6 Å². The first-order chi connectivity index (χ1) is 34.7. The molecule has 0 radical (unpaired) electrons. The molecule has 14 rings (SSSR count). The zero-order chi connectivity index (χ0) is 46.1. The third-order valence-corrected chi connectivity index (χ3v) is 14.0. The highest BCUT2D eigenvalue weighted by Gasteiger charge is 2.25. The highest BCUT2D eigenvalue weighted by molar-refractivity contribution is 6.24. The fraction of sp³-hybridized carbons (Fsp3) is 0. The second kappa shape index (κ2) is 16.1. The van der Waals surface area contributed by atoms with Crippen molar-refractivity contribution >= 4 is 65.2 Å². The molecule has 70 heavy (non-hydrogen) atoms. The Bertz CT molecular complexity index is 4330. The first-order valence-electron chi connectivity index (χ1n) is 23.8. The fourth-order valence-electron chi connectivity index (χ4n) is 10.7. The summed E-state index contributed by atoms with van der Waals surface area (Å²) >= 11 is 0. The van der Waals surface area contributed by atoms with Crippen molar-refractivity contribution in [2.24, 2.45) is 0 Å². The third-order valence-electron chi connectivity index (χ3n) is 14.0. The van der Waals surface area contributed by atoms with E-state index in [9.17, 15) is 0 Å². The molecule has 0 fully saturated rings. The van der Waals surface area contributed by atoms with E-state index in [1.165, 1.54) is 21.5 Å². The highest BCUT2D eigenvalue weighted by atomic mass is 15.2. The Morgan fingerprint density at radius 3 is 1.36 bits per heavy atom. The Morgan fingerprint density at radius 1 is 0.257 bits per heavy atom. The van der Waals surface area contributed by atoms with Gasteiger partial charge < -0.3 is 4.57 Å². The molecule has 3 heterocycles. The third kappa shape index (κ3) is 6.44. The van der Waals surface area contributed by atoms with Gasteiger partial charge in [-0.1, -0.05) is 224 Å². The smallest absolute Gasteiger partial charge is 0.238 e. The predicted molar refractivity (Wildman–Crippen MR) is 291 cm³/mol. The maximum absolute atomic E-state index is 5.44. The second-order valence-electron chi connectivity index (χ2n) is 18.0. The van der Waals surface area contributed by atoms with E-state index in [2.05, 4.69) is 234 Å². The van der Waals surface area contributed by atoms with Crippen molar-refractivity contribution in [1.29, 1.82) is 0 Å². The van der Waals surface area contributed by atoms with E-state index < -0.39 is 0 Å². The van der Waals surface area contributed by atoms with Crippen LogP contribution in [-0.4, -0.2) is 24.1 Å². The van der Waals surface area contributed by atoms with Crippen LogP contribution in [0.25, 0.3) is 133 Å². The van der Waals surface area contributed by atoms with E-state index in [-0.39, 0.29) is 0 Å². The molecule has 0 amide bonds. The van der Waals surface area contributed by atoms with E-state index in [1.54, 1.807) is 0 Å². The molecule has 0 unspecified atom stereocenters. The second-order valence-corrected chi connectivity index (χ2v) is 18.0. The standard InChI is InChI=1S/C65H41N5/c1-4-16-42(17-5-1)44-28-33-48(34-29-44)64-66-63(47-21-8-3-9-22-47)67-65(68-64)70-59-27-15-13-25-54(59)56-39-38-55-53-24-12-14-26-58(53)69(61(55)62(56)70)60-41-49(43-18-6-2-7-19-43)36-37-52(60)50-35-32-46-31-30-45-20-10-11-23-51(45)57(46)40-50/h1-41H. The number of hydrogen-bond acceptors (Lipinski definition) is 3. The summed E-state index contributed by atoms with van der Waals surface area (Å²) < 4.78 is 4.78. The molecule has 0 aliphatic heterocycles. The van der Waals surface area contributed by atoms with E-state index in [4.69, 9.17) is 15.0 Å². The van der Waals surface area contributed by atoms with Crippen LogP contribution in [0.1, 0.15) is 0 Å². The lowest BCUT2D eigenvalue weighted by atomic mass is 9.94. The zero-order valence-corrected chi connectivity index (χ0v) is 37.9. The van der Waals surface area contributed by atoms with E-state index >= 15 is 0 Å². The molecule has 0 bridgehead atoms. The predicted octanol–water partition coefficient (Wildman–Crippen LogP) is 16.7. The lowest BCUT2D eigenvalue weighted by Gasteiger charge is -2.18. The molecule has 0 atom stereocenters. The molecule has 0 saturated heterocycles. The lowest BCUT2D eigenvalue weighted by Crippen LogP contribution is -2.07. The molecular weight excluding hydrogens is 851 g/mol. The minimum atomic E-state index is 0.547. The molecule has 11 aromatic carbocycles. The van der Waals surface area contributed by atoms with Crippen molar-refractivity contribution in [3.05, 3.63) is 249 Å². The zero-order valence-electron chi connectivity index (χ0n) is 37.9. The van der Waals surface area contributed by atoms with Gasteiger partial charge in [0.1, 0.15) is 0 Å². The van der Waals surface area contributed by atoms with Gasteiger partial charge in [0.25, 0.3) is 0 Å². The number of para-hydroxylation sites is 2. The van der Waals surface area contributed by atoms with Gasteiger partial charge in [-0.05, 0) is 73.6 Å². The lowest BCUT2D eigenvalue weighted by molar-refractivity contribution is 0.953. The van der Waals surface area contributed by atoms with Crippen molar-refractivity contribution in [2.75, 3.05) is 0 Å². The number of hydrogen-bond donors (Lipinski definition) is 0. The van der Waals surface area contributed by atoms with Gasteiger partial charge in [-0.15, -0.1) is 0 Å². The van der Waals surface area contributed by atoms with Gasteiger partial charge in [0, 0.05) is 38.2 Å². The summed E-state index contributed by atoms with van der Waals surface area (Å²) in [6.07, 6.45) is 0. The van der Waals surface area contributed by atoms with Crippen LogP contribution in [0.3, 0.4) is 0 Å². The van der Waals surface area contributed by atoms with Crippen LogP contribution in [0, 0.1) is 0 Å². The minimum Gasteiger partial charge on any atom is -0.307 e. The van der Waals surface area contributed by atoms with Gasteiger partial charge in [-0.25, -0.2) is 4.98 Å². The summed E-state index contributed by atoms with van der Waals surface area (Å²) in [6, 6.07) is 89.0. The first kappa shape index (κ1) is 39.7. The monoisotopic (exact) mass is 891 g/mol. The Morgan fingerprint density at radius 2 is 0.700 bits per heavy atom. The Labute approximate surface area is 403 Å². The van der Waals surface area contributed by atoms with Gasteiger partial charge in [0.2, 0.25) is 5.95 Å². The van der Waals surface area contributed by atoms with Crippen LogP contribution in [0.4, 0.5) is 0 Å². The van der Waals surface area contributed by atoms with Gasteiger partial charge >= 0.3 is 0 Å². The van der Waals surface area contributed by atoms with E-state index in [1.807, 2.05) is 24.3 Å². The number of rotatable bonds is 7. The molecule has 3 aromatic heterocycles. The maximum Gasteiger partial charge on any atom is 0.238 e. The van der Waals surface area contributed by atoms with Crippen molar-refractivity contribution in [2.45, 2.75) is 0 Å². The molecule has 0 N–H and O–H groups in total. The molecule has 5 heteroatoms. The average molecular weight is 892 g/mol. The van der Waals surface area contributed by atoms with Crippen LogP contribution in [-0.2, 0) is 0 Å². The largest absolute Gasteiger partial charge is 0.307 e. The molecule has 14 aromatic rings. The average Bonchev–Trinajstić information content (AvgIpc) is 3.96. The SMILES string of the molecule is c1ccc(-c2ccc(-c3nc(-c4ccccc4)nc(-n4c5ccccc5c5ccc6c7ccccc7n(-c7cc(-c8ccccc8)ccc7-c7ccc8ccc9ccccc9c8c7)c6c54)n3)cc2)cc1. The molecule has 0 spiro atoms. The normalized spacial score (nSPS) is 11.7. The minimum absolute atomic E-state index is 0.547. The number of benzene rings is 11. The van der Waals surface area contributed by atoms with Crippen LogP contribution in [0.5, 0.6) is 0 Å². The molecule has 0 aliphatic rings.